The third kappa shape index (κ3) is 2.16. The quantitative estimate of drug-likeness (QED) is 0.641. The van der Waals surface area contributed by atoms with Gasteiger partial charge in [-0.25, -0.2) is 0 Å². The second-order valence-electron chi connectivity index (χ2n) is 5.03. The molecule has 0 aliphatic carbocycles. The average Bonchev–Trinajstić information content (AvgIpc) is 2.71. The minimum absolute atomic E-state index is 0.159. The lowest BCUT2D eigenvalue weighted by Gasteiger charge is -2.24. The van der Waals surface area contributed by atoms with Crippen LogP contribution in [0.1, 0.15) is 26.7 Å². The second kappa shape index (κ2) is 4.10. The molecular formula is C11H20N2O2. The van der Waals surface area contributed by atoms with Crippen molar-refractivity contribution in [2.75, 3.05) is 13.1 Å². The summed E-state index contributed by atoms with van der Waals surface area (Å²) < 4.78 is 0. The Morgan fingerprint density at radius 2 is 2.13 bits per heavy atom. The van der Waals surface area contributed by atoms with E-state index in [2.05, 4.69) is 19.2 Å². The number of β-amino-alcohol motifs (C(OH)–C–C–N with tert-alkyl or cyclic N) is 1. The molecule has 2 heterocycles. The maximum atomic E-state index is 12.1. The van der Waals surface area contributed by atoms with Crippen molar-refractivity contribution in [2.24, 2.45) is 5.92 Å². The van der Waals surface area contributed by atoms with Crippen molar-refractivity contribution in [1.29, 1.82) is 0 Å². The summed E-state index contributed by atoms with van der Waals surface area (Å²) in [5.74, 6) is 0.777. The van der Waals surface area contributed by atoms with Gasteiger partial charge in [-0.3, -0.25) is 4.79 Å². The number of aliphatic hydroxyl groups excluding tert-OH is 1. The number of amides is 1. The molecule has 0 saturated carbocycles. The van der Waals surface area contributed by atoms with Crippen molar-refractivity contribution in [3.63, 3.8) is 0 Å². The highest BCUT2D eigenvalue weighted by atomic mass is 16.3. The first-order valence-corrected chi connectivity index (χ1v) is 5.80. The van der Waals surface area contributed by atoms with E-state index in [0.29, 0.717) is 24.9 Å². The number of rotatable bonds is 1. The van der Waals surface area contributed by atoms with Gasteiger partial charge in [-0.2, -0.15) is 0 Å². The molecule has 0 aromatic heterocycles. The third-order valence-corrected chi connectivity index (χ3v) is 3.47. The number of hydrogen-bond acceptors (Lipinski definition) is 3. The van der Waals surface area contributed by atoms with E-state index in [9.17, 15) is 9.90 Å². The van der Waals surface area contributed by atoms with E-state index in [1.54, 1.807) is 0 Å². The Balaban J connectivity index is 1.96. The number of likely N-dealkylation sites (tertiary alicyclic amines) is 1. The molecule has 2 fully saturated rings. The Hall–Kier alpha value is -0.610. The van der Waals surface area contributed by atoms with E-state index >= 15 is 0 Å². The largest absolute Gasteiger partial charge is 0.392 e. The number of nitrogens with zero attached hydrogens (tertiary/aromatic N) is 1. The highest BCUT2D eigenvalue weighted by Gasteiger charge is 2.36. The van der Waals surface area contributed by atoms with Gasteiger partial charge in [-0.15, -0.1) is 0 Å². The molecule has 86 valence electrons. The van der Waals surface area contributed by atoms with Crippen LogP contribution in [0.2, 0.25) is 0 Å². The molecule has 0 aromatic rings. The molecule has 1 amide bonds. The first-order chi connectivity index (χ1) is 7.08. The lowest BCUT2D eigenvalue weighted by Crippen LogP contribution is -2.45. The van der Waals surface area contributed by atoms with Crippen LogP contribution in [0.5, 0.6) is 0 Å². The van der Waals surface area contributed by atoms with Gasteiger partial charge >= 0.3 is 0 Å². The summed E-state index contributed by atoms with van der Waals surface area (Å²) in [5.41, 5.74) is 0. The molecule has 0 bridgehead atoms. The molecule has 2 saturated heterocycles. The summed E-state index contributed by atoms with van der Waals surface area (Å²) in [7, 11) is 0. The minimum Gasteiger partial charge on any atom is -0.392 e. The van der Waals surface area contributed by atoms with E-state index in [1.807, 2.05) is 4.90 Å². The van der Waals surface area contributed by atoms with Crippen LogP contribution in [0.3, 0.4) is 0 Å². The zero-order valence-corrected chi connectivity index (χ0v) is 9.44. The molecule has 4 unspecified atom stereocenters. The maximum Gasteiger partial charge on any atom is 0.240 e. The Labute approximate surface area is 90.6 Å². The standard InChI is InChI=1S/C11H20N2O2/c1-7-3-8(2)13(6-7)11(15)10-4-9(14)5-12-10/h7-10,12,14H,3-6H2,1-2H3. The smallest absolute Gasteiger partial charge is 0.240 e. The summed E-state index contributed by atoms with van der Waals surface area (Å²) in [5, 5.41) is 12.5. The predicted molar refractivity (Wildman–Crippen MR) is 57.4 cm³/mol. The fourth-order valence-electron chi connectivity index (χ4n) is 2.71. The van der Waals surface area contributed by atoms with Gasteiger partial charge in [0.25, 0.3) is 0 Å². The van der Waals surface area contributed by atoms with Crippen LogP contribution < -0.4 is 5.32 Å². The number of carbonyl (C=O) groups is 1. The van der Waals surface area contributed by atoms with Gasteiger partial charge in [-0.05, 0) is 25.7 Å². The van der Waals surface area contributed by atoms with Gasteiger partial charge in [0, 0.05) is 19.1 Å². The summed E-state index contributed by atoms with van der Waals surface area (Å²) in [6.45, 7) is 5.70. The van der Waals surface area contributed by atoms with Crippen LogP contribution in [-0.4, -0.2) is 47.2 Å². The van der Waals surface area contributed by atoms with E-state index < -0.39 is 0 Å². The second-order valence-corrected chi connectivity index (χ2v) is 5.03. The molecule has 0 radical (unpaired) electrons. The Morgan fingerprint density at radius 1 is 1.40 bits per heavy atom. The van der Waals surface area contributed by atoms with Crippen LogP contribution in [0, 0.1) is 5.92 Å². The zero-order chi connectivity index (χ0) is 11.0. The van der Waals surface area contributed by atoms with Gasteiger partial charge in [0.1, 0.15) is 0 Å². The Kier molecular flexibility index (Phi) is 2.98. The molecule has 2 N–H and O–H groups in total. The topological polar surface area (TPSA) is 52.6 Å². The molecule has 0 aromatic carbocycles. The summed E-state index contributed by atoms with van der Waals surface area (Å²) in [6, 6.07) is 0.194. The van der Waals surface area contributed by atoms with Crippen LogP contribution in [0.4, 0.5) is 0 Å². The molecule has 4 heteroatoms. The van der Waals surface area contributed by atoms with E-state index in [1.165, 1.54) is 0 Å². The first-order valence-electron chi connectivity index (χ1n) is 5.80. The highest BCUT2D eigenvalue weighted by Crippen LogP contribution is 2.24. The van der Waals surface area contributed by atoms with Crippen molar-refractivity contribution >= 4 is 5.91 Å². The number of nitrogens with one attached hydrogen (secondary N) is 1. The van der Waals surface area contributed by atoms with Crippen LogP contribution in [0.15, 0.2) is 0 Å². The van der Waals surface area contributed by atoms with E-state index in [4.69, 9.17) is 0 Å². The van der Waals surface area contributed by atoms with Gasteiger partial charge in [-0.1, -0.05) is 6.92 Å². The third-order valence-electron chi connectivity index (χ3n) is 3.47. The Morgan fingerprint density at radius 3 is 2.60 bits per heavy atom. The fraction of sp³-hybridized carbons (Fsp3) is 0.909. The van der Waals surface area contributed by atoms with Crippen molar-refractivity contribution in [3.05, 3.63) is 0 Å². The van der Waals surface area contributed by atoms with Crippen LogP contribution in [0.25, 0.3) is 0 Å². The summed E-state index contributed by atoms with van der Waals surface area (Å²) in [4.78, 5) is 14.1. The normalized spacial score (nSPS) is 41.1. The minimum atomic E-state index is -0.353. The van der Waals surface area contributed by atoms with Gasteiger partial charge < -0.3 is 15.3 Å². The van der Waals surface area contributed by atoms with E-state index in [-0.39, 0.29) is 18.1 Å². The monoisotopic (exact) mass is 212 g/mol. The number of aliphatic hydroxyl groups is 1. The number of hydrogen-bond donors (Lipinski definition) is 2. The predicted octanol–water partition coefficient (Wildman–Crippen LogP) is -0.0339. The van der Waals surface area contributed by atoms with Gasteiger partial charge in [0.05, 0.1) is 12.1 Å². The average molecular weight is 212 g/mol. The van der Waals surface area contributed by atoms with Gasteiger partial charge in [0.15, 0.2) is 0 Å². The maximum absolute atomic E-state index is 12.1. The fourth-order valence-corrected chi connectivity index (χ4v) is 2.71. The molecular weight excluding hydrogens is 192 g/mol. The van der Waals surface area contributed by atoms with Crippen LogP contribution in [-0.2, 0) is 4.79 Å². The molecule has 4 nitrogen and oxygen atoms in total. The van der Waals surface area contributed by atoms with Gasteiger partial charge in [0.2, 0.25) is 5.91 Å². The van der Waals surface area contributed by atoms with Crippen LogP contribution >= 0.6 is 0 Å². The Bertz CT molecular complexity index is 257. The molecule has 15 heavy (non-hydrogen) atoms. The summed E-state index contributed by atoms with van der Waals surface area (Å²) in [6.07, 6.45) is 1.31. The first kappa shape index (κ1) is 10.9. The molecule has 2 aliphatic rings. The van der Waals surface area contributed by atoms with Crippen molar-refractivity contribution in [3.8, 4) is 0 Å². The zero-order valence-electron chi connectivity index (χ0n) is 9.44. The lowest BCUT2D eigenvalue weighted by atomic mass is 10.1. The summed E-state index contributed by atoms with van der Waals surface area (Å²) >= 11 is 0. The SMILES string of the molecule is CC1CC(C)N(C(=O)C2CC(O)CN2)C1. The molecule has 0 spiro atoms. The molecule has 2 aliphatic heterocycles. The van der Waals surface area contributed by atoms with Crippen molar-refractivity contribution in [2.45, 2.75) is 44.9 Å². The molecule has 2 rings (SSSR count). The van der Waals surface area contributed by atoms with E-state index in [0.717, 1.165) is 13.0 Å². The van der Waals surface area contributed by atoms with Crippen molar-refractivity contribution in [1.82, 2.24) is 10.2 Å². The lowest BCUT2D eigenvalue weighted by molar-refractivity contribution is -0.133. The molecule has 4 atom stereocenters. The van der Waals surface area contributed by atoms with Crippen molar-refractivity contribution < 1.29 is 9.90 Å². The number of carbonyl (C=O) groups excluding carboxylic acids is 1. The highest BCUT2D eigenvalue weighted by molar-refractivity contribution is 5.82.